The third kappa shape index (κ3) is 58.8. The number of esters is 3. The highest BCUT2D eigenvalue weighted by Crippen LogP contribution is 2.15. The van der Waals surface area contributed by atoms with Crippen molar-refractivity contribution in [3.05, 3.63) is 109 Å². The van der Waals surface area contributed by atoms with Crippen LogP contribution in [0.3, 0.4) is 0 Å². The first-order valence-electron chi connectivity index (χ1n) is 30.4. The van der Waals surface area contributed by atoms with E-state index in [9.17, 15) is 14.4 Å². The van der Waals surface area contributed by atoms with Crippen molar-refractivity contribution >= 4 is 17.9 Å². The Bertz CT molecular complexity index is 1490. The zero-order chi connectivity index (χ0) is 52.9. The van der Waals surface area contributed by atoms with Crippen LogP contribution in [0.4, 0.5) is 0 Å². The quantitative estimate of drug-likeness (QED) is 0.0261. The monoisotopic (exact) mass is 1010 g/mol. The molecule has 6 heteroatoms. The highest BCUT2D eigenvalue weighted by atomic mass is 16.6. The van der Waals surface area contributed by atoms with Crippen molar-refractivity contribution in [2.45, 2.75) is 284 Å². The minimum atomic E-state index is -0.801. The van der Waals surface area contributed by atoms with Crippen LogP contribution >= 0.6 is 0 Å². The van der Waals surface area contributed by atoms with E-state index in [1.54, 1.807) is 0 Å². The maximum atomic E-state index is 12.9. The predicted octanol–water partition coefficient (Wildman–Crippen LogP) is 20.7. The van der Waals surface area contributed by atoms with Gasteiger partial charge in [0, 0.05) is 19.3 Å². The first-order valence-corrected chi connectivity index (χ1v) is 30.4. The minimum Gasteiger partial charge on any atom is -0.462 e. The molecule has 0 unspecified atom stereocenters. The van der Waals surface area contributed by atoms with Gasteiger partial charge in [-0.1, -0.05) is 239 Å². The highest BCUT2D eigenvalue weighted by Gasteiger charge is 2.19. The predicted molar refractivity (Wildman–Crippen MR) is 316 cm³/mol. The maximum Gasteiger partial charge on any atom is 0.306 e. The lowest BCUT2D eigenvalue weighted by atomic mass is 10.1. The summed E-state index contributed by atoms with van der Waals surface area (Å²) in [4.78, 5) is 38.3. The van der Waals surface area contributed by atoms with Crippen LogP contribution in [0, 0.1) is 0 Å². The van der Waals surface area contributed by atoms with Gasteiger partial charge in [0.25, 0.3) is 0 Å². The Morgan fingerprint density at radius 1 is 0.288 bits per heavy atom. The summed E-state index contributed by atoms with van der Waals surface area (Å²) in [5.41, 5.74) is 0. The van der Waals surface area contributed by atoms with Crippen molar-refractivity contribution in [2.24, 2.45) is 0 Å². The van der Waals surface area contributed by atoms with E-state index < -0.39 is 6.10 Å². The Kier molecular flexibility index (Phi) is 57.4. The van der Waals surface area contributed by atoms with Gasteiger partial charge in [-0.2, -0.15) is 0 Å². The molecule has 0 aliphatic heterocycles. The van der Waals surface area contributed by atoms with E-state index >= 15 is 0 Å². The number of unbranched alkanes of at least 4 members (excludes halogenated alkanes) is 25. The fourth-order valence-corrected chi connectivity index (χ4v) is 8.18. The fourth-order valence-electron chi connectivity index (χ4n) is 8.18. The average Bonchev–Trinajstić information content (AvgIpc) is 3.39. The van der Waals surface area contributed by atoms with Gasteiger partial charge in [0.1, 0.15) is 13.2 Å². The maximum absolute atomic E-state index is 12.9. The Morgan fingerprint density at radius 3 is 0.849 bits per heavy atom. The van der Waals surface area contributed by atoms with Gasteiger partial charge < -0.3 is 14.2 Å². The van der Waals surface area contributed by atoms with Crippen LogP contribution in [0.15, 0.2) is 109 Å². The largest absolute Gasteiger partial charge is 0.462 e. The molecule has 0 heterocycles. The number of hydrogen-bond acceptors (Lipinski definition) is 6. The Labute approximate surface area is 450 Å². The molecule has 0 saturated carbocycles. The van der Waals surface area contributed by atoms with E-state index in [1.807, 2.05) is 0 Å². The number of allylic oxidation sites excluding steroid dienone is 18. The zero-order valence-corrected chi connectivity index (χ0v) is 47.6. The summed E-state index contributed by atoms with van der Waals surface area (Å²) in [5.74, 6) is -0.936. The fraction of sp³-hybridized carbons (Fsp3) is 0.687. The van der Waals surface area contributed by atoms with Crippen molar-refractivity contribution < 1.29 is 28.6 Å². The van der Waals surface area contributed by atoms with Crippen LogP contribution in [0.5, 0.6) is 0 Å². The summed E-state index contributed by atoms with van der Waals surface area (Å²) in [6.07, 6.45) is 82.2. The molecule has 0 aliphatic carbocycles. The molecule has 0 spiro atoms. The van der Waals surface area contributed by atoms with Gasteiger partial charge in [-0.25, -0.2) is 0 Å². The molecule has 0 radical (unpaired) electrons. The average molecular weight is 1010 g/mol. The van der Waals surface area contributed by atoms with E-state index in [-0.39, 0.29) is 31.1 Å². The molecule has 0 aliphatic rings. The first kappa shape index (κ1) is 69.1. The van der Waals surface area contributed by atoms with Crippen LogP contribution in [0.1, 0.15) is 278 Å². The smallest absolute Gasteiger partial charge is 0.306 e. The van der Waals surface area contributed by atoms with Crippen molar-refractivity contribution in [1.82, 2.24) is 0 Å². The van der Waals surface area contributed by atoms with Crippen LogP contribution in [-0.2, 0) is 28.6 Å². The van der Waals surface area contributed by atoms with E-state index in [4.69, 9.17) is 14.2 Å². The van der Waals surface area contributed by atoms with Gasteiger partial charge in [0.05, 0.1) is 0 Å². The number of carbonyl (C=O) groups excluding carboxylic acids is 3. The van der Waals surface area contributed by atoms with Crippen molar-refractivity contribution in [3.8, 4) is 0 Å². The van der Waals surface area contributed by atoms with Crippen LogP contribution in [0.2, 0.25) is 0 Å². The molecule has 416 valence electrons. The van der Waals surface area contributed by atoms with Crippen molar-refractivity contribution in [1.29, 1.82) is 0 Å². The van der Waals surface area contributed by atoms with Gasteiger partial charge in [-0.05, 0) is 128 Å². The second-order valence-corrected chi connectivity index (χ2v) is 19.9. The first-order chi connectivity index (χ1) is 36.0. The topological polar surface area (TPSA) is 78.9 Å². The second kappa shape index (κ2) is 60.6. The van der Waals surface area contributed by atoms with Crippen molar-refractivity contribution in [3.63, 3.8) is 0 Å². The summed E-state index contributed by atoms with van der Waals surface area (Å²) in [7, 11) is 0. The molecule has 0 amide bonds. The molecule has 73 heavy (non-hydrogen) atoms. The third-order valence-corrected chi connectivity index (χ3v) is 12.7. The van der Waals surface area contributed by atoms with E-state index in [0.717, 1.165) is 116 Å². The van der Waals surface area contributed by atoms with Gasteiger partial charge in [-0.15, -0.1) is 0 Å². The number of ether oxygens (including phenoxy) is 3. The molecule has 0 aromatic heterocycles. The molecular formula is C67H112O6. The minimum absolute atomic E-state index is 0.0952. The molecule has 0 N–H and O–H groups in total. The van der Waals surface area contributed by atoms with E-state index in [1.165, 1.54) is 122 Å². The standard InChI is InChI=1S/C67H112O6/c1-4-7-10-13-16-19-22-25-28-31-33-36-38-41-44-47-50-53-56-59-65(68)71-62-64(73-67(70)61-58-55-52-49-46-43-40-35-30-27-24-21-18-15-12-9-6-3)63-72-66(69)60-57-54-51-48-45-42-39-37-34-32-29-26-23-20-17-14-11-8-5-2/h7,10,16-21,25-30,33,36,41,44,64H,4-6,8-9,11-15,22-24,31-32,34-35,37-40,42-43,45-63H2,1-3H3/b10-7-,19-16-,20-17-,21-18-,28-25-,29-26-,30-27-,36-33-,44-41-/t64-/m1/s1. The Morgan fingerprint density at radius 2 is 0.534 bits per heavy atom. The molecule has 0 aromatic carbocycles. The lowest BCUT2D eigenvalue weighted by molar-refractivity contribution is -0.167. The Balaban J connectivity index is 4.47. The van der Waals surface area contributed by atoms with E-state index in [2.05, 4.69) is 130 Å². The summed E-state index contributed by atoms with van der Waals surface area (Å²) in [5, 5.41) is 0. The molecule has 0 fully saturated rings. The Hall–Kier alpha value is -3.93. The third-order valence-electron chi connectivity index (χ3n) is 12.7. The number of rotatable bonds is 54. The SMILES string of the molecule is CC/C=C\C/C=C\C/C=C\C/C=C\C/C=C\CCCCCC(=O)OC[C@H](COC(=O)CCCCCCCCCCC/C=C\C/C=C\CCCCC)OC(=O)CCCCCCCCC/C=C\C/C=C\CCCCC. The van der Waals surface area contributed by atoms with Crippen molar-refractivity contribution in [2.75, 3.05) is 13.2 Å². The van der Waals surface area contributed by atoms with Gasteiger partial charge in [-0.3, -0.25) is 14.4 Å². The van der Waals surface area contributed by atoms with Crippen LogP contribution in [-0.4, -0.2) is 37.2 Å². The lowest BCUT2D eigenvalue weighted by Crippen LogP contribution is -2.30. The molecule has 0 rings (SSSR count). The summed E-state index contributed by atoms with van der Waals surface area (Å²) >= 11 is 0. The molecule has 0 saturated heterocycles. The van der Waals surface area contributed by atoms with Crippen LogP contribution in [0.25, 0.3) is 0 Å². The van der Waals surface area contributed by atoms with E-state index in [0.29, 0.717) is 19.3 Å². The molecule has 0 aromatic rings. The normalized spacial score (nSPS) is 12.9. The molecular weight excluding hydrogens is 901 g/mol. The highest BCUT2D eigenvalue weighted by molar-refractivity contribution is 5.71. The van der Waals surface area contributed by atoms with Gasteiger partial charge in [0.2, 0.25) is 0 Å². The van der Waals surface area contributed by atoms with Gasteiger partial charge >= 0.3 is 17.9 Å². The molecule has 0 bridgehead atoms. The summed E-state index contributed by atoms with van der Waals surface area (Å²) in [6, 6.07) is 0. The molecule has 6 nitrogen and oxygen atoms in total. The van der Waals surface area contributed by atoms with Crippen LogP contribution < -0.4 is 0 Å². The van der Waals surface area contributed by atoms with Gasteiger partial charge in [0.15, 0.2) is 6.10 Å². The summed E-state index contributed by atoms with van der Waals surface area (Å²) in [6.45, 7) is 6.45. The number of carbonyl (C=O) groups is 3. The molecule has 1 atom stereocenters. The lowest BCUT2D eigenvalue weighted by Gasteiger charge is -2.18. The zero-order valence-electron chi connectivity index (χ0n) is 47.6. The second-order valence-electron chi connectivity index (χ2n) is 19.9. The summed E-state index contributed by atoms with van der Waals surface area (Å²) < 4.78 is 16.9. The number of hydrogen-bond donors (Lipinski definition) is 0.